The van der Waals surface area contributed by atoms with E-state index in [4.69, 9.17) is 34.5 Å². The van der Waals surface area contributed by atoms with Gasteiger partial charge in [-0.1, -0.05) is 96.2 Å². The molecule has 18 heteroatoms. The molecule has 0 saturated carbocycles. The van der Waals surface area contributed by atoms with Crippen LogP contribution in [0.1, 0.15) is 27.9 Å². The standard InChI is InChI=1S/C46H42N6O10S2/c1-58-33-21-19-28(35(23-33)59-2)24-61-44(57)40-29(20-22-37(54)60-3)26-63-43-39(42(56)52(40)43)49-41(55)38(51-62-25-36(47)53)34-27-64-45(48-34)50-46(30-13-7-4-8-14-30,31-15-9-5-10-16-31)32-17-11-6-12-18-32/h4-23,27,39,43H,24-26H2,1-3H3,(H2,47,53)(H,48,50)(H,49,55)/b22-20-,51-38-/t39-,43-/m1/s1. The highest BCUT2D eigenvalue weighted by atomic mass is 32.2. The van der Waals surface area contributed by atoms with Gasteiger partial charge in [-0.25, -0.2) is 14.6 Å². The number of allylic oxidation sites excluding steroid dienone is 1. The van der Waals surface area contributed by atoms with Crippen LogP contribution in [0.25, 0.3) is 0 Å². The Morgan fingerprint density at radius 1 is 0.906 bits per heavy atom. The molecule has 0 unspecified atom stereocenters. The van der Waals surface area contributed by atoms with Crippen molar-refractivity contribution in [1.82, 2.24) is 15.2 Å². The molecule has 328 valence electrons. The zero-order valence-corrected chi connectivity index (χ0v) is 36.4. The Morgan fingerprint density at radius 2 is 1.55 bits per heavy atom. The normalized spacial score (nSPS) is 16.0. The number of rotatable bonds is 18. The maximum absolute atomic E-state index is 14.2. The van der Waals surface area contributed by atoms with Crippen molar-refractivity contribution in [3.63, 3.8) is 0 Å². The number of ether oxygens (including phenoxy) is 4. The minimum absolute atomic E-state index is 0.0748. The first-order valence-corrected chi connectivity index (χ1v) is 21.5. The second kappa shape index (κ2) is 20.2. The van der Waals surface area contributed by atoms with Gasteiger partial charge < -0.3 is 40.2 Å². The molecule has 2 atom stereocenters. The lowest BCUT2D eigenvalue weighted by atomic mass is 9.77. The smallest absolute Gasteiger partial charge is 0.355 e. The third-order valence-electron chi connectivity index (χ3n) is 10.2. The van der Waals surface area contributed by atoms with Gasteiger partial charge in [0.1, 0.15) is 46.5 Å². The quantitative estimate of drug-likeness (QED) is 0.0267. The third-order valence-corrected chi connectivity index (χ3v) is 12.3. The first-order chi connectivity index (χ1) is 31.1. The fourth-order valence-corrected chi connectivity index (χ4v) is 9.20. The number of benzene rings is 4. The average Bonchev–Trinajstić information content (AvgIpc) is 3.80. The van der Waals surface area contributed by atoms with E-state index in [-0.39, 0.29) is 29.5 Å². The summed E-state index contributed by atoms with van der Waals surface area (Å²) in [5, 5.41) is 11.6. The SMILES string of the molecule is COC(=O)/C=C\C1=C(C(=O)OCc2ccc(OC)cc2OC)N2C(=O)[C@@H](NC(=O)/C(=N\OCC(N)=O)c3csc(NC(c4ccccc4)(c4ccccc4)c4ccccc4)n3)[C@H]2SC1. The van der Waals surface area contributed by atoms with Gasteiger partial charge in [0.25, 0.3) is 17.7 Å². The first kappa shape index (κ1) is 44.6. The molecule has 2 aliphatic rings. The van der Waals surface area contributed by atoms with Crippen LogP contribution in [-0.4, -0.2) is 90.4 Å². The van der Waals surface area contributed by atoms with Crippen molar-refractivity contribution in [2.45, 2.75) is 23.6 Å². The highest BCUT2D eigenvalue weighted by Crippen LogP contribution is 2.43. The predicted molar refractivity (Wildman–Crippen MR) is 239 cm³/mol. The summed E-state index contributed by atoms with van der Waals surface area (Å²) in [5.74, 6) is -2.75. The van der Waals surface area contributed by atoms with Crippen LogP contribution in [0.4, 0.5) is 5.13 Å². The molecule has 0 aliphatic carbocycles. The van der Waals surface area contributed by atoms with E-state index in [0.29, 0.717) is 27.8 Å². The number of amides is 3. The molecule has 3 amide bonds. The maximum Gasteiger partial charge on any atom is 0.355 e. The van der Waals surface area contributed by atoms with Gasteiger partial charge >= 0.3 is 11.9 Å². The average molecular weight is 903 g/mol. The number of aromatic nitrogens is 1. The van der Waals surface area contributed by atoms with Gasteiger partial charge in [0, 0.05) is 28.8 Å². The molecule has 1 fully saturated rings. The maximum atomic E-state index is 14.2. The number of thioether (sulfide) groups is 1. The van der Waals surface area contributed by atoms with Crippen molar-refractivity contribution in [3.8, 4) is 11.5 Å². The van der Waals surface area contributed by atoms with Crippen LogP contribution in [0.2, 0.25) is 0 Å². The fourth-order valence-electron chi connectivity index (χ4n) is 7.14. The summed E-state index contributed by atoms with van der Waals surface area (Å²) in [6.45, 7) is -0.859. The van der Waals surface area contributed by atoms with E-state index >= 15 is 0 Å². The second-order valence-corrected chi connectivity index (χ2v) is 16.0. The summed E-state index contributed by atoms with van der Waals surface area (Å²) in [7, 11) is 4.19. The van der Waals surface area contributed by atoms with Crippen LogP contribution >= 0.6 is 23.1 Å². The number of carbonyl (C=O) groups excluding carboxylic acids is 5. The topological polar surface area (TPSA) is 210 Å². The number of nitrogens with one attached hydrogen (secondary N) is 2. The number of anilines is 1. The van der Waals surface area contributed by atoms with Crippen LogP contribution in [0.5, 0.6) is 11.5 Å². The summed E-state index contributed by atoms with van der Waals surface area (Å²) < 4.78 is 21.1. The van der Waals surface area contributed by atoms with Gasteiger partial charge in [0.2, 0.25) is 0 Å². The van der Waals surface area contributed by atoms with Gasteiger partial charge in [-0.3, -0.25) is 19.3 Å². The Hall–Kier alpha value is -7.44. The first-order valence-electron chi connectivity index (χ1n) is 19.6. The molecule has 7 rings (SSSR count). The van der Waals surface area contributed by atoms with Crippen molar-refractivity contribution in [3.05, 3.63) is 166 Å². The van der Waals surface area contributed by atoms with E-state index in [1.807, 2.05) is 91.0 Å². The molecule has 1 aromatic heterocycles. The van der Waals surface area contributed by atoms with Gasteiger partial charge in [0.15, 0.2) is 17.5 Å². The van der Waals surface area contributed by atoms with Crippen molar-refractivity contribution in [1.29, 1.82) is 0 Å². The number of nitrogens with zero attached hydrogens (tertiary/aromatic N) is 3. The minimum Gasteiger partial charge on any atom is -0.497 e. The predicted octanol–water partition coefficient (Wildman–Crippen LogP) is 4.90. The Balaban J connectivity index is 1.16. The number of thiazole rings is 1. The summed E-state index contributed by atoms with van der Waals surface area (Å²) >= 11 is 2.45. The molecular weight excluding hydrogens is 861 g/mol. The molecular formula is C46H42N6O10S2. The molecule has 4 N–H and O–H groups in total. The number of hydrogen-bond acceptors (Lipinski definition) is 15. The Labute approximate surface area is 376 Å². The van der Waals surface area contributed by atoms with Gasteiger partial charge in [-0.15, -0.1) is 23.1 Å². The van der Waals surface area contributed by atoms with Crippen molar-refractivity contribution in [2.24, 2.45) is 10.9 Å². The zero-order chi connectivity index (χ0) is 45.2. The molecule has 2 aliphatic heterocycles. The summed E-state index contributed by atoms with van der Waals surface area (Å²) in [6, 6.07) is 33.4. The number of β-lactam (4-membered cyclic amide) rings is 1. The van der Waals surface area contributed by atoms with E-state index in [2.05, 4.69) is 15.8 Å². The van der Waals surface area contributed by atoms with Crippen molar-refractivity contribution < 1.29 is 47.8 Å². The molecule has 0 bridgehead atoms. The van der Waals surface area contributed by atoms with E-state index in [1.165, 1.54) is 55.4 Å². The van der Waals surface area contributed by atoms with E-state index in [0.717, 1.165) is 22.8 Å². The molecule has 1 saturated heterocycles. The largest absolute Gasteiger partial charge is 0.497 e. The van der Waals surface area contributed by atoms with Crippen LogP contribution in [-0.2, 0) is 50.4 Å². The molecule has 64 heavy (non-hydrogen) atoms. The van der Waals surface area contributed by atoms with Crippen molar-refractivity contribution in [2.75, 3.05) is 39.0 Å². The van der Waals surface area contributed by atoms with E-state index in [1.54, 1.807) is 23.6 Å². The van der Waals surface area contributed by atoms with E-state index < -0.39 is 53.2 Å². The van der Waals surface area contributed by atoms with Crippen LogP contribution in [0, 0.1) is 0 Å². The lowest BCUT2D eigenvalue weighted by molar-refractivity contribution is -0.153. The number of nitrogens with two attached hydrogens (primary N) is 1. The minimum atomic E-state index is -1.15. The fraction of sp³-hybridized carbons (Fsp3) is 0.196. The lowest BCUT2D eigenvalue weighted by Crippen LogP contribution is -2.71. The van der Waals surface area contributed by atoms with Gasteiger partial charge in [-0.05, 0) is 40.5 Å². The molecule has 3 heterocycles. The Bertz CT molecular complexity index is 2520. The lowest BCUT2D eigenvalue weighted by Gasteiger charge is -2.49. The molecule has 0 spiro atoms. The zero-order valence-electron chi connectivity index (χ0n) is 34.7. The second-order valence-electron chi connectivity index (χ2n) is 14.0. The van der Waals surface area contributed by atoms with Gasteiger partial charge in [0.05, 0.1) is 21.3 Å². The van der Waals surface area contributed by atoms with Crippen LogP contribution in [0.15, 0.2) is 143 Å². The highest BCUT2D eigenvalue weighted by molar-refractivity contribution is 8.00. The molecule has 5 aromatic rings. The summed E-state index contributed by atoms with van der Waals surface area (Å²) in [6.07, 6.45) is 2.52. The number of hydrogen-bond donors (Lipinski definition) is 3. The summed E-state index contributed by atoms with van der Waals surface area (Å²) in [4.78, 5) is 77.0. The van der Waals surface area contributed by atoms with Crippen LogP contribution < -0.4 is 25.8 Å². The number of oxime groups is 1. The number of esters is 2. The number of methoxy groups -OCH3 is 3. The number of fused-ring (bicyclic) bond motifs is 1. The number of carbonyl (C=O) groups is 5. The third kappa shape index (κ3) is 9.47. The molecule has 4 aromatic carbocycles. The van der Waals surface area contributed by atoms with E-state index in [9.17, 15) is 24.0 Å². The Morgan fingerprint density at radius 3 is 2.12 bits per heavy atom. The number of primary amides is 1. The van der Waals surface area contributed by atoms with Gasteiger partial charge in [-0.2, -0.15) is 0 Å². The highest BCUT2D eigenvalue weighted by Gasteiger charge is 2.54. The van der Waals surface area contributed by atoms with Crippen LogP contribution in [0.3, 0.4) is 0 Å². The molecule has 16 nitrogen and oxygen atoms in total. The monoisotopic (exact) mass is 902 g/mol. The summed E-state index contributed by atoms with van der Waals surface area (Å²) in [5.41, 5.74) is 7.59. The van der Waals surface area contributed by atoms with Crippen molar-refractivity contribution >= 4 is 63.6 Å². The molecule has 0 radical (unpaired) electrons. The Kier molecular flexibility index (Phi) is 14.1.